The molecule has 3 aromatic heterocycles. The number of hydrogen-bond donors (Lipinski definition) is 1. The summed E-state index contributed by atoms with van der Waals surface area (Å²) in [6.45, 7) is 3.82. The molecular formula is C21H21N5OS2. The van der Waals surface area contributed by atoms with Gasteiger partial charge in [-0.05, 0) is 38.1 Å². The van der Waals surface area contributed by atoms with Crippen molar-refractivity contribution in [3.63, 3.8) is 0 Å². The highest BCUT2D eigenvalue weighted by atomic mass is 32.1. The number of aromatic nitrogens is 3. The highest BCUT2D eigenvalue weighted by Gasteiger charge is 2.27. The number of carbonyl (C=O) groups is 1. The molecule has 0 unspecified atom stereocenters. The second-order valence-corrected chi connectivity index (χ2v) is 9.61. The Balaban J connectivity index is 1.61. The highest BCUT2D eigenvalue weighted by Crippen LogP contribution is 2.45. The standard InChI is InChI=1S/C21H21N5OS2/c1-12-10-26(3)24-18(12)19(27)23-21-17(13-8-9-25(2)11-16(13)29-21)20-22-14-6-4-5-7-15(14)28-20/h4-7,10H,8-9,11H2,1-3H3,(H,23,27). The van der Waals surface area contributed by atoms with E-state index in [1.54, 1.807) is 27.4 Å². The molecule has 29 heavy (non-hydrogen) atoms. The summed E-state index contributed by atoms with van der Waals surface area (Å²) in [5.41, 5.74) is 4.73. The van der Waals surface area contributed by atoms with E-state index in [1.807, 2.05) is 38.4 Å². The number of nitrogens with one attached hydrogen (secondary N) is 1. The van der Waals surface area contributed by atoms with E-state index in [0.29, 0.717) is 5.69 Å². The van der Waals surface area contributed by atoms with Crippen LogP contribution in [0.25, 0.3) is 20.8 Å². The van der Waals surface area contributed by atoms with Crippen molar-refractivity contribution in [3.8, 4) is 10.6 Å². The Morgan fingerprint density at radius 3 is 2.79 bits per heavy atom. The van der Waals surface area contributed by atoms with Gasteiger partial charge in [0.25, 0.3) is 5.91 Å². The highest BCUT2D eigenvalue weighted by molar-refractivity contribution is 7.22. The number of hydrogen-bond acceptors (Lipinski definition) is 6. The summed E-state index contributed by atoms with van der Waals surface area (Å²) in [5, 5.41) is 9.32. The molecule has 0 saturated heterocycles. The molecule has 0 aliphatic carbocycles. The second kappa shape index (κ2) is 7.05. The first kappa shape index (κ1) is 18.5. The SMILES string of the molecule is Cc1cn(C)nc1C(=O)Nc1sc2c(c1-c1nc3ccccc3s1)CCN(C)C2. The van der Waals surface area contributed by atoms with Crippen molar-refractivity contribution in [1.82, 2.24) is 19.7 Å². The number of amides is 1. The molecule has 1 amide bonds. The minimum absolute atomic E-state index is 0.169. The fourth-order valence-corrected chi connectivity index (χ4v) is 6.25. The molecule has 1 aliphatic rings. The predicted octanol–water partition coefficient (Wildman–Crippen LogP) is 4.31. The Morgan fingerprint density at radius 2 is 2.03 bits per heavy atom. The van der Waals surface area contributed by atoms with Crippen LogP contribution in [0, 0.1) is 6.92 Å². The molecule has 0 spiro atoms. The zero-order chi connectivity index (χ0) is 20.1. The Labute approximate surface area is 176 Å². The summed E-state index contributed by atoms with van der Waals surface area (Å²) < 4.78 is 2.83. The third kappa shape index (κ3) is 3.27. The van der Waals surface area contributed by atoms with Crippen LogP contribution in [0.3, 0.4) is 0 Å². The Morgan fingerprint density at radius 1 is 1.21 bits per heavy atom. The van der Waals surface area contributed by atoms with E-state index in [4.69, 9.17) is 4.98 Å². The summed E-state index contributed by atoms with van der Waals surface area (Å²) >= 11 is 3.35. The van der Waals surface area contributed by atoms with Crippen molar-refractivity contribution in [2.45, 2.75) is 19.9 Å². The number of benzene rings is 1. The molecule has 0 saturated carbocycles. The smallest absolute Gasteiger partial charge is 0.277 e. The topological polar surface area (TPSA) is 63.1 Å². The fourth-order valence-electron chi connectivity index (χ4n) is 3.82. The van der Waals surface area contributed by atoms with Crippen molar-refractivity contribution < 1.29 is 4.79 Å². The van der Waals surface area contributed by atoms with Crippen LogP contribution in [0.1, 0.15) is 26.5 Å². The molecule has 4 aromatic rings. The second-order valence-electron chi connectivity index (χ2n) is 7.47. The quantitative estimate of drug-likeness (QED) is 0.533. The minimum Gasteiger partial charge on any atom is -0.312 e. The molecule has 0 fully saturated rings. The lowest BCUT2D eigenvalue weighted by atomic mass is 10.0. The average Bonchev–Trinajstić information content (AvgIpc) is 3.35. The zero-order valence-electron chi connectivity index (χ0n) is 16.5. The van der Waals surface area contributed by atoms with Crippen LogP contribution < -0.4 is 5.32 Å². The number of fused-ring (bicyclic) bond motifs is 2. The van der Waals surface area contributed by atoms with E-state index < -0.39 is 0 Å². The number of aryl methyl sites for hydroxylation is 2. The van der Waals surface area contributed by atoms with Gasteiger partial charge >= 0.3 is 0 Å². The molecule has 5 rings (SSSR count). The Hall–Kier alpha value is -2.55. The van der Waals surface area contributed by atoms with Gasteiger partial charge in [-0.25, -0.2) is 4.98 Å². The summed E-state index contributed by atoms with van der Waals surface area (Å²) in [5.74, 6) is -0.169. The maximum Gasteiger partial charge on any atom is 0.277 e. The number of para-hydroxylation sites is 1. The third-order valence-corrected chi connectivity index (χ3v) is 7.40. The summed E-state index contributed by atoms with van der Waals surface area (Å²) in [7, 11) is 3.96. The van der Waals surface area contributed by atoms with E-state index in [9.17, 15) is 4.79 Å². The molecule has 1 aliphatic heterocycles. The van der Waals surface area contributed by atoms with Gasteiger partial charge in [-0.2, -0.15) is 5.10 Å². The maximum absolute atomic E-state index is 13.0. The Bertz CT molecular complexity index is 1200. The van der Waals surface area contributed by atoms with Crippen molar-refractivity contribution in [2.75, 3.05) is 18.9 Å². The van der Waals surface area contributed by atoms with Gasteiger partial charge in [-0.1, -0.05) is 12.1 Å². The van der Waals surface area contributed by atoms with Crippen molar-refractivity contribution >= 4 is 43.8 Å². The number of nitrogens with zero attached hydrogens (tertiary/aromatic N) is 4. The number of rotatable bonds is 3. The lowest BCUT2D eigenvalue weighted by Gasteiger charge is -2.22. The lowest BCUT2D eigenvalue weighted by Crippen LogP contribution is -2.25. The van der Waals surface area contributed by atoms with Gasteiger partial charge in [0.2, 0.25) is 0 Å². The Kier molecular flexibility index (Phi) is 4.49. The number of carbonyl (C=O) groups excluding carboxylic acids is 1. The molecule has 8 heteroatoms. The van der Waals surface area contributed by atoms with Gasteiger partial charge in [0, 0.05) is 42.3 Å². The third-order valence-electron chi connectivity index (χ3n) is 5.21. The van der Waals surface area contributed by atoms with Crippen LogP contribution in [0.5, 0.6) is 0 Å². The van der Waals surface area contributed by atoms with E-state index in [0.717, 1.165) is 50.9 Å². The van der Waals surface area contributed by atoms with Crippen LogP contribution >= 0.6 is 22.7 Å². The van der Waals surface area contributed by atoms with Gasteiger partial charge in [0.15, 0.2) is 5.69 Å². The molecule has 4 heterocycles. The predicted molar refractivity (Wildman–Crippen MR) is 119 cm³/mol. The van der Waals surface area contributed by atoms with Crippen molar-refractivity contribution in [3.05, 3.63) is 52.2 Å². The largest absolute Gasteiger partial charge is 0.312 e. The summed E-state index contributed by atoms with van der Waals surface area (Å²) in [6.07, 6.45) is 2.82. The van der Waals surface area contributed by atoms with Gasteiger partial charge in [0.1, 0.15) is 10.0 Å². The fraction of sp³-hybridized carbons (Fsp3) is 0.286. The van der Waals surface area contributed by atoms with Gasteiger partial charge in [0.05, 0.1) is 10.2 Å². The number of likely N-dealkylation sites (N-methyl/N-ethyl adjacent to an activating group) is 1. The molecule has 0 bridgehead atoms. The van der Waals surface area contributed by atoms with Crippen molar-refractivity contribution in [2.24, 2.45) is 7.05 Å². The lowest BCUT2D eigenvalue weighted by molar-refractivity contribution is 0.102. The van der Waals surface area contributed by atoms with Gasteiger partial charge in [-0.3, -0.25) is 9.48 Å². The molecule has 1 aromatic carbocycles. The molecule has 6 nitrogen and oxygen atoms in total. The first-order chi connectivity index (χ1) is 14.0. The summed E-state index contributed by atoms with van der Waals surface area (Å²) in [6, 6.07) is 8.18. The van der Waals surface area contributed by atoms with E-state index in [2.05, 4.69) is 28.4 Å². The monoisotopic (exact) mass is 423 g/mol. The summed E-state index contributed by atoms with van der Waals surface area (Å²) in [4.78, 5) is 21.5. The molecular weight excluding hydrogens is 402 g/mol. The molecule has 1 N–H and O–H groups in total. The van der Waals surface area contributed by atoms with E-state index in [1.165, 1.54) is 10.4 Å². The molecule has 0 atom stereocenters. The van der Waals surface area contributed by atoms with Crippen LogP contribution in [0.15, 0.2) is 30.5 Å². The first-order valence-corrected chi connectivity index (χ1v) is 11.1. The number of thiophene rings is 1. The number of thiazole rings is 1. The molecule has 148 valence electrons. The average molecular weight is 424 g/mol. The van der Waals surface area contributed by atoms with Crippen LogP contribution in [-0.2, 0) is 20.0 Å². The van der Waals surface area contributed by atoms with Gasteiger partial charge < -0.3 is 10.2 Å². The molecule has 0 radical (unpaired) electrons. The number of anilines is 1. The van der Waals surface area contributed by atoms with E-state index >= 15 is 0 Å². The minimum atomic E-state index is -0.169. The van der Waals surface area contributed by atoms with Crippen LogP contribution in [0.4, 0.5) is 5.00 Å². The van der Waals surface area contributed by atoms with Crippen molar-refractivity contribution in [1.29, 1.82) is 0 Å². The van der Waals surface area contributed by atoms with Crippen LogP contribution in [-0.4, -0.2) is 39.2 Å². The normalized spacial score (nSPS) is 14.3. The van der Waals surface area contributed by atoms with E-state index in [-0.39, 0.29) is 5.91 Å². The van der Waals surface area contributed by atoms with Crippen LogP contribution in [0.2, 0.25) is 0 Å². The maximum atomic E-state index is 13.0. The zero-order valence-corrected chi connectivity index (χ0v) is 18.2. The van der Waals surface area contributed by atoms with Gasteiger partial charge in [-0.15, -0.1) is 22.7 Å². The first-order valence-electron chi connectivity index (χ1n) is 9.50.